The molecule has 0 amide bonds. The Morgan fingerprint density at radius 3 is 2.84 bits per heavy atom. The SMILES string of the molecule is CCNC(C1=CCCCCC1)c1ccc(Cl)cc1C. The van der Waals surface area contributed by atoms with Gasteiger partial charge in [-0.05, 0) is 62.4 Å². The molecule has 0 heterocycles. The standard InChI is InChI=1S/C17H24ClN/c1-3-19-17(14-8-6-4-5-7-9-14)16-11-10-15(18)12-13(16)2/h8,10-12,17,19H,3-7,9H2,1-2H3. The van der Waals surface area contributed by atoms with Gasteiger partial charge in [-0.1, -0.05) is 42.7 Å². The van der Waals surface area contributed by atoms with Gasteiger partial charge in [0.2, 0.25) is 0 Å². The van der Waals surface area contributed by atoms with Gasteiger partial charge in [-0.3, -0.25) is 0 Å². The zero-order valence-corrected chi connectivity index (χ0v) is 12.8. The highest BCUT2D eigenvalue weighted by atomic mass is 35.5. The third kappa shape index (κ3) is 3.84. The molecule has 19 heavy (non-hydrogen) atoms. The molecule has 0 fully saturated rings. The van der Waals surface area contributed by atoms with Crippen molar-refractivity contribution >= 4 is 11.6 Å². The number of allylic oxidation sites excluding steroid dienone is 1. The zero-order chi connectivity index (χ0) is 13.7. The monoisotopic (exact) mass is 277 g/mol. The Morgan fingerprint density at radius 2 is 2.11 bits per heavy atom. The second kappa shape index (κ2) is 7.12. The first kappa shape index (κ1) is 14.6. The van der Waals surface area contributed by atoms with Crippen molar-refractivity contribution in [3.63, 3.8) is 0 Å². The highest BCUT2D eigenvalue weighted by Gasteiger charge is 2.18. The number of aryl methyl sites for hydroxylation is 1. The summed E-state index contributed by atoms with van der Waals surface area (Å²) < 4.78 is 0. The molecule has 0 saturated carbocycles. The molecule has 0 aliphatic heterocycles. The summed E-state index contributed by atoms with van der Waals surface area (Å²) in [6.45, 7) is 5.32. The Kier molecular flexibility index (Phi) is 5.47. The van der Waals surface area contributed by atoms with E-state index in [2.05, 4.69) is 37.4 Å². The molecule has 0 spiro atoms. The maximum atomic E-state index is 6.08. The van der Waals surface area contributed by atoms with E-state index >= 15 is 0 Å². The molecule has 0 saturated heterocycles. The van der Waals surface area contributed by atoms with Gasteiger partial charge in [0, 0.05) is 5.02 Å². The van der Waals surface area contributed by atoms with E-state index in [1.807, 2.05) is 6.07 Å². The third-order valence-electron chi connectivity index (χ3n) is 3.90. The molecule has 2 rings (SSSR count). The highest BCUT2D eigenvalue weighted by molar-refractivity contribution is 6.30. The summed E-state index contributed by atoms with van der Waals surface area (Å²) in [5.74, 6) is 0. The molecular formula is C17H24ClN. The van der Waals surface area contributed by atoms with Crippen molar-refractivity contribution in [2.24, 2.45) is 0 Å². The Hall–Kier alpha value is -0.790. The minimum Gasteiger partial charge on any atom is -0.307 e. The molecule has 1 atom stereocenters. The minimum absolute atomic E-state index is 0.361. The van der Waals surface area contributed by atoms with Gasteiger partial charge in [-0.2, -0.15) is 0 Å². The summed E-state index contributed by atoms with van der Waals surface area (Å²) in [7, 11) is 0. The summed E-state index contributed by atoms with van der Waals surface area (Å²) in [5.41, 5.74) is 4.22. The summed E-state index contributed by atoms with van der Waals surface area (Å²) >= 11 is 6.08. The number of hydrogen-bond acceptors (Lipinski definition) is 1. The van der Waals surface area contributed by atoms with Crippen molar-refractivity contribution < 1.29 is 0 Å². The lowest BCUT2D eigenvalue weighted by atomic mass is 9.92. The molecule has 0 aromatic heterocycles. The predicted octanol–water partition coefficient (Wildman–Crippen LogP) is 5.19. The average Bonchev–Trinajstić information content (AvgIpc) is 2.65. The van der Waals surface area contributed by atoms with Crippen LogP contribution in [0.2, 0.25) is 5.02 Å². The Morgan fingerprint density at radius 1 is 1.26 bits per heavy atom. The average molecular weight is 278 g/mol. The predicted molar refractivity (Wildman–Crippen MR) is 83.8 cm³/mol. The van der Waals surface area contributed by atoms with E-state index in [0.29, 0.717) is 6.04 Å². The Balaban J connectivity index is 2.30. The molecule has 1 N–H and O–H groups in total. The van der Waals surface area contributed by atoms with Crippen LogP contribution in [0.3, 0.4) is 0 Å². The highest BCUT2D eigenvalue weighted by Crippen LogP contribution is 2.31. The molecule has 1 unspecified atom stereocenters. The number of likely N-dealkylation sites (N-methyl/N-ethyl adjacent to an activating group) is 1. The van der Waals surface area contributed by atoms with Crippen molar-refractivity contribution in [1.29, 1.82) is 0 Å². The van der Waals surface area contributed by atoms with E-state index < -0.39 is 0 Å². The number of halogens is 1. The first-order valence-corrected chi connectivity index (χ1v) is 7.78. The number of benzene rings is 1. The largest absolute Gasteiger partial charge is 0.307 e. The number of nitrogens with one attached hydrogen (secondary N) is 1. The van der Waals surface area contributed by atoms with Crippen molar-refractivity contribution in [2.45, 2.75) is 52.0 Å². The third-order valence-corrected chi connectivity index (χ3v) is 4.13. The molecule has 1 aromatic rings. The van der Waals surface area contributed by atoms with Crippen LogP contribution in [0.15, 0.2) is 29.8 Å². The minimum atomic E-state index is 0.361. The molecule has 104 valence electrons. The molecule has 0 bridgehead atoms. The fourth-order valence-electron chi connectivity index (χ4n) is 2.91. The van der Waals surface area contributed by atoms with Gasteiger partial charge in [0.05, 0.1) is 6.04 Å². The van der Waals surface area contributed by atoms with Crippen molar-refractivity contribution in [1.82, 2.24) is 5.32 Å². The fourth-order valence-corrected chi connectivity index (χ4v) is 3.14. The van der Waals surface area contributed by atoms with Gasteiger partial charge in [0.15, 0.2) is 0 Å². The van der Waals surface area contributed by atoms with Gasteiger partial charge in [0.25, 0.3) is 0 Å². The van der Waals surface area contributed by atoms with Crippen LogP contribution in [0.4, 0.5) is 0 Å². The normalized spacial score (nSPS) is 17.7. The maximum absolute atomic E-state index is 6.08. The van der Waals surface area contributed by atoms with Crippen LogP contribution in [-0.2, 0) is 0 Å². The first-order chi connectivity index (χ1) is 9.22. The molecule has 0 radical (unpaired) electrons. The van der Waals surface area contributed by atoms with E-state index in [1.165, 1.54) is 43.2 Å². The lowest BCUT2D eigenvalue weighted by molar-refractivity contribution is 0.587. The van der Waals surface area contributed by atoms with Crippen LogP contribution in [0.1, 0.15) is 56.2 Å². The summed E-state index contributed by atoms with van der Waals surface area (Å²) in [5, 5.41) is 4.47. The quantitative estimate of drug-likeness (QED) is 0.747. The lowest BCUT2D eigenvalue weighted by Gasteiger charge is -2.23. The van der Waals surface area contributed by atoms with Gasteiger partial charge in [0.1, 0.15) is 0 Å². The summed E-state index contributed by atoms with van der Waals surface area (Å²) in [4.78, 5) is 0. The lowest BCUT2D eigenvalue weighted by Crippen LogP contribution is -2.23. The van der Waals surface area contributed by atoms with Gasteiger partial charge in [-0.15, -0.1) is 0 Å². The molecule has 1 aromatic carbocycles. The molecule has 1 aliphatic rings. The smallest absolute Gasteiger partial charge is 0.0538 e. The Labute approximate surface area is 122 Å². The summed E-state index contributed by atoms with van der Waals surface area (Å²) in [6.07, 6.45) is 8.92. The van der Waals surface area contributed by atoms with E-state index in [1.54, 1.807) is 5.57 Å². The number of hydrogen-bond donors (Lipinski definition) is 1. The first-order valence-electron chi connectivity index (χ1n) is 7.40. The van der Waals surface area contributed by atoms with Crippen LogP contribution in [0.25, 0.3) is 0 Å². The topological polar surface area (TPSA) is 12.0 Å². The van der Waals surface area contributed by atoms with Crippen molar-refractivity contribution in [2.75, 3.05) is 6.54 Å². The zero-order valence-electron chi connectivity index (χ0n) is 12.0. The van der Waals surface area contributed by atoms with Gasteiger partial charge >= 0.3 is 0 Å². The second-order valence-corrected chi connectivity index (χ2v) is 5.81. The number of rotatable bonds is 4. The maximum Gasteiger partial charge on any atom is 0.0538 e. The Bertz CT molecular complexity index is 451. The van der Waals surface area contributed by atoms with Crippen LogP contribution >= 0.6 is 11.6 Å². The van der Waals surface area contributed by atoms with Crippen molar-refractivity contribution in [3.05, 3.63) is 46.0 Å². The van der Waals surface area contributed by atoms with E-state index in [-0.39, 0.29) is 0 Å². The van der Waals surface area contributed by atoms with Crippen LogP contribution in [-0.4, -0.2) is 6.54 Å². The van der Waals surface area contributed by atoms with E-state index in [4.69, 9.17) is 11.6 Å². The van der Waals surface area contributed by atoms with E-state index in [9.17, 15) is 0 Å². The fraction of sp³-hybridized carbons (Fsp3) is 0.529. The van der Waals surface area contributed by atoms with Crippen LogP contribution < -0.4 is 5.32 Å². The van der Waals surface area contributed by atoms with Gasteiger partial charge in [-0.25, -0.2) is 0 Å². The molecule has 2 heteroatoms. The molecule has 1 nitrogen and oxygen atoms in total. The van der Waals surface area contributed by atoms with Crippen LogP contribution in [0, 0.1) is 6.92 Å². The molecular weight excluding hydrogens is 254 g/mol. The van der Waals surface area contributed by atoms with Crippen molar-refractivity contribution in [3.8, 4) is 0 Å². The summed E-state index contributed by atoms with van der Waals surface area (Å²) in [6, 6.07) is 6.61. The molecule has 1 aliphatic carbocycles. The van der Waals surface area contributed by atoms with Crippen LogP contribution in [0.5, 0.6) is 0 Å². The van der Waals surface area contributed by atoms with Gasteiger partial charge < -0.3 is 5.32 Å². The second-order valence-electron chi connectivity index (χ2n) is 5.37. The van der Waals surface area contributed by atoms with E-state index in [0.717, 1.165) is 11.6 Å².